The van der Waals surface area contributed by atoms with E-state index in [1.54, 1.807) is 12.3 Å². The Labute approximate surface area is 88.3 Å². The third-order valence-corrected chi connectivity index (χ3v) is 2.58. The van der Waals surface area contributed by atoms with E-state index in [-0.39, 0.29) is 0 Å². The van der Waals surface area contributed by atoms with Crippen LogP contribution < -0.4 is 0 Å². The summed E-state index contributed by atoms with van der Waals surface area (Å²) in [6, 6.07) is 5.76. The van der Waals surface area contributed by atoms with Gasteiger partial charge in [-0.3, -0.25) is 0 Å². The van der Waals surface area contributed by atoms with E-state index in [1.807, 2.05) is 6.07 Å². The lowest BCUT2D eigenvalue weighted by molar-refractivity contribution is 1.45. The molecule has 2 nitrogen and oxygen atoms in total. The normalized spacial score (nSPS) is 10.2. The number of H-pyrrole nitrogens is 1. The van der Waals surface area contributed by atoms with Crippen molar-refractivity contribution < 1.29 is 0 Å². The van der Waals surface area contributed by atoms with E-state index in [1.165, 1.54) is 0 Å². The second-order valence-electron chi connectivity index (χ2n) is 2.62. The molecule has 64 valence electrons. The predicted molar refractivity (Wildman–Crippen MR) is 55.7 cm³/mol. The molecule has 0 radical (unpaired) electrons. The average Bonchev–Trinajstić information content (AvgIpc) is 2.47. The molecule has 1 N–H and O–H groups in total. The standard InChI is InChI=1S/C9H4BrClN2/c10-6-1-7-5(3-12)4-13-9(7)8(11)2-6/h1-2,4,13H. The fourth-order valence-electron chi connectivity index (χ4n) is 1.25. The number of rotatable bonds is 0. The third kappa shape index (κ3) is 1.32. The number of fused-ring (bicyclic) bond motifs is 1. The monoisotopic (exact) mass is 254 g/mol. The lowest BCUT2D eigenvalue weighted by Crippen LogP contribution is -1.73. The first-order chi connectivity index (χ1) is 6.22. The van der Waals surface area contributed by atoms with Crippen molar-refractivity contribution in [3.63, 3.8) is 0 Å². The Morgan fingerprint density at radius 3 is 2.92 bits per heavy atom. The zero-order valence-corrected chi connectivity index (χ0v) is 8.78. The van der Waals surface area contributed by atoms with Crippen LogP contribution in [0.15, 0.2) is 22.8 Å². The van der Waals surface area contributed by atoms with Gasteiger partial charge in [-0.1, -0.05) is 27.5 Å². The van der Waals surface area contributed by atoms with Crippen molar-refractivity contribution >= 4 is 38.4 Å². The molecule has 2 aromatic rings. The van der Waals surface area contributed by atoms with Crippen molar-refractivity contribution in [1.82, 2.24) is 4.98 Å². The summed E-state index contributed by atoms with van der Waals surface area (Å²) in [7, 11) is 0. The second-order valence-corrected chi connectivity index (χ2v) is 3.95. The molecule has 0 aliphatic carbocycles. The summed E-state index contributed by atoms with van der Waals surface area (Å²) in [4.78, 5) is 2.96. The minimum atomic E-state index is 0.609. The van der Waals surface area contributed by atoms with E-state index in [9.17, 15) is 0 Å². The Morgan fingerprint density at radius 1 is 1.46 bits per heavy atom. The number of nitrogens with one attached hydrogen (secondary N) is 1. The van der Waals surface area contributed by atoms with Gasteiger partial charge in [-0.05, 0) is 12.1 Å². The maximum Gasteiger partial charge on any atom is 0.101 e. The molecule has 1 aromatic carbocycles. The van der Waals surface area contributed by atoms with Crippen molar-refractivity contribution in [2.24, 2.45) is 0 Å². The van der Waals surface area contributed by atoms with Gasteiger partial charge in [-0.2, -0.15) is 5.26 Å². The Hall–Kier alpha value is -0.980. The van der Waals surface area contributed by atoms with Gasteiger partial charge in [-0.15, -0.1) is 0 Å². The summed E-state index contributed by atoms with van der Waals surface area (Å²) < 4.78 is 0.876. The van der Waals surface area contributed by atoms with Crippen LogP contribution in [-0.4, -0.2) is 4.98 Å². The molecule has 0 fully saturated rings. The number of halogens is 2. The number of aromatic nitrogens is 1. The lowest BCUT2D eigenvalue weighted by Gasteiger charge is -1.95. The Kier molecular flexibility index (Phi) is 2.03. The molecule has 1 aromatic heterocycles. The lowest BCUT2D eigenvalue weighted by atomic mass is 10.2. The van der Waals surface area contributed by atoms with E-state index in [0.29, 0.717) is 10.6 Å². The molecule has 0 bridgehead atoms. The maximum atomic E-state index is 8.78. The molecule has 4 heteroatoms. The van der Waals surface area contributed by atoms with Gasteiger partial charge in [0.15, 0.2) is 0 Å². The number of aromatic amines is 1. The molecule has 0 aliphatic heterocycles. The first kappa shape index (κ1) is 8.61. The quantitative estimate of drug-likeness (QED) is 0.769. The number of nitriles is 1. The number of hydrogen-bond acceptors (Lipinski definition) is 1. The van der Waals surface area contributed by atoms with Gasteiger partial charge in [0.05, 0.1) is 16.1 Å². The van der Waals surface area contributed by atoms with Crippen molar-refractivity contribution in [3.05, 3.63) is 33.4 Å². The highest BCUT2D eigenvalue weighted by Crippen LogP contribution is 2.29. The first-order valence-electron chi connectivity index (χ1n) is 3.58. The summed E-state index contributed by atoms with van der Waals surface area (Å²) in [5.41, 5.74) is 1.42. The van der Waals surface area contributed by atoms with Gasteiger partial charge in [-0.25, -0.2) is 0 Å². The summed E-state index contributed by atoms with van der Waals surface area (Å²) in [5.74, 6) is 0. The van der Waals surface area contributed by atoms with Gasteiger partial charge >= 0.3 is 0 Å². The summed E-state index contributed by atoms with van der Waals surface area (Å²) in [6.07, 6.45) is 1.66. The van der Waals surface area contributed by atoms with Crippen molar-refractivity contribution in [1.29, 1.82) is 5.26 Å². The summed E-state index contributed by atoms with van der Waals surface area (Å²) in [5, 5.41) is 10.2. The number of benzene rings is 1. The molecule has 2 rings (SSSR count). The molecule has 0 unspecified atom stereocenters. The highest BCUT2D eigenvalue weighted by Gasteiger charge is 2.06. The van der Waals surface area contributed by atoms with Crippen LogP contribution in [0.5, 0.6) is 0 Å². The summed E-state index contributed by atoms with van der Waals surface area (Å²) in [6.45, 7) is 0. The van der Waals surface area contributed by atoms with Crippen LogP contribution in [0.3, 0.4) is 0 Å². The van der Waals surface area contributed by atoms with E-state index >= 15 is 0 Å². The zero-order chi connectivity index (χ0) is 9.42. The SMILES string of the molecule is N#Cc1c[nH]c2c(Cl)cc(Br)cc12. The fraction of sp³-hybridized carbons (Fsp3) is 0. The molecule has 0 spiro atoms. The van der Waals surface area contributed by atoms with Crippen LogP contribution in [0.4, 0.5) is 0 Å². The first-order valence-corrected chi connectivity index (χ1v) is 4.75. The van der Waals surface area contributed by atoms with Crippen LogP contribution in [0.1, 0.15) is 5.56 Å². The van der Waals surface area contributed by atoms with Crippen LogP contribution in [0.25, 0.3) is 10.9 Å². The van der Waals surface area contributed by atoms with E-state index in [0.717, 1.165) is 15.4 Å². The molecule has 13 heavy (non-hydrogen) atoms. The molecule has 0 saturated carbocycles. The summed E-state index contributed by atoms with van der Waals surface area (Å²) >= 11 is 9.29. The minimum absolute atomic E-state index is 0.609. The smallest absolute Gasteiger partial charge is 0.101 e. The van der Waals surface area contributed by atoms with Gasteiger partial charge in [0, 0.05) is 16.1 Å². The van der Waals surface area contributed by atoms with Gasteiger partial charge < -0.3 is 4.98 Å². The topological polar surface area (TPSA) is 39.6 Å². The molecule has 0 aliphatic rings. The van der Waals surface area contributed by atoms with E-state index in [2.05, 4.69) is 27.0 Å². The molecule has 0 atom stereocenters. The van der Waals surface area contributed by atoms with Crippen molar-refractivity contribution in [2.45, 2.75) is 0 Å². The van der Waals surface area contributed by atoms with E-state index in [4.69, 9.17) is 16.9 Å². The Bertz CT molecular complexity index is 510. The largest absolute Gasteiger partial charge is 0.359 e. The average molecular weight is 256 g/mol. The highest BCUT2D eigenvalue weighted by molar-refractivity contribution is 9.10. The zero-order valence-electron chi connectivity index (χ0n) is 6.44. The second kappa shape index (κ2) is 3.06. The van der Waals surface area contributed by atoms with E-state index < -0.39 is 0 Å². The Morgan fingerprint density at radius 2 is 2.23 bits per heavy atom. The third-order valence-electron chi connectivity index (χ3n) is 1.83. The highest BCUT2D eigenvalue weighted by atomic mass is 79.9. The van der Waals surface area contributed by atoms with Crippen LogP contribution in [0.2, 0.25) is 5.02 Å². The van der Waals surface area contributed by atoms with Gasteiger partial charge in [0.1, 0.15) is 6.07 Å². The van der Waals surface area contributed by atoms with Crippen LogP contribution >= 0.6 is 27.5 Å². The molecule has 0 saturated heterocycles. The van der Waals surface area contributed by atoms with Crippen molar-refractivity contribution in [2.75, 3.05) is 0 Å². The van der Waals surface area contributed by atoms with Crippen LogP contribution in [-0.2, 0) is 0 Å². The van der Waals surface area contributed by atoms with Crippen LogP contribution in [0, 0.1) is 11.3 Å². The predicted octanol–water partition coefficient (Wildman–Crippen LogP) is 3.46. The maximum absolute atomic E-state index is 8.78. The van der Waals surface area contributed by atoms with Gasteiger partial charge in [0.2, 0.25) is 0 Å². The number of nitrogens with zero attached hydrogens (tertiary/aromatic N) is 1. The fourth-order valence-corrected chi connectivity index (χ4v) is 2.11. The molecule has 0 amide bonds. The van der Waals surface area contributed by atoms with Crippen molar-refractivity contribution in [3.8, 4) is 6.07 Å². The minimum Gasteiger partial charge on any atom is -0.359 e. The number of hydrogen-bond donors (Lipinski definition) is 1. The Balaban J connectivity index is 2.92. The molecular formula is C9H4BrClN2. The van der Waals surface area contributed by atoms with Gasteiger partial charge in [0.25, 0.3) is 0 Å². The molecular weight excluding hydrogens is 251 g/mol. The molecule has 1 heterocycles.